The van der Waals surface area contributed by atoms with Crippen LogP contribution in [0.2, 0.25) is 0 Å². The second-order valence-electron chi connectivity index (χ2n) is 5.28. The minimum absolute atomic E-state index is 0.324. The summed E-state index contributed by atoms with van der Waals surface area (Å²) in [4.78, 5) is 28.8. The van der Waals surface area contributed by atoms with Gasteiger partial charge in [-0.25, -0.2) is 4.98 Å². The van der Waals surface area contributed by atoms with Crippen molar-refractivity contribution < 1.29 is 19.4 Å². The Bertz CT molecular complexity index is 688. The molecule has 0 spiro atoms. The standard InChI is InChI=1S/C18H20N2O4/c1-2-10-20(12-17(21)22)18(23)15-8-9-19-16(11-15)24-13-14-6-4-3-5-7-14/h3-9,11H,2,10,12-13H2,1H3,(H,21,22). The van der Waals surface area contributed by atoms with Crippen molar-refractivity contribution in [3.05, 3.63) is 59.8 Å². The maximum atomic E-state index is 12.5. The van der Waals surface area contributed by atoms with Gasteiger partial charge in [0.25, 0.3) is 5.91 Å². The molecule has 24 heavy (non-hydrogen) atoms. The Kier molecular flexibility index (Phi) is 6.31. The molecule has 2 rings (SSSR count). The molecule has 1 aromatic carbocycles. The average Bonchev–Trinajstić information content (AvgIpc) is 2.60. The van der Waals surface area contributed by atoms with Gasteiger partial charge in [0.05, 0.1) is 0 Å². The van der Waals surface area contributed by atoms with E-state index in [1.54, 1.807) is 6.07 Å². The zero-order chi connectivity index (χ0) is 17.4. The van der Waals surface area contributed by atoms with Gasteiger partial charge in [0.2, 0.25) is 5.88 Å². The molecular formula is C18H20N2O4. The van der Waals surface area contributed by atoms with Crippen LogP contribution in [0.3, 0.4) is 0 Å². The molecule has 1 amide bonds. The van der Waals surface area contributed by atoms with E-state index in [0.29, 0.717) is 31.0 Å². The maximum absolute atomic E-state index is 12.5. The Labute approximate surface area is 140 Å². The first-order chi connectivity index (χ1) is 11.6. The van der Waals surface area contributed by atoms with Crippen LogP contribution in [0.5, 0.6) is 5.88 Å². The van der Waals surface area contributed by atoms with Crippen molar-refractivity contribution in [2.45, 2.75) is 20.0 Å². The molecule has 0 aliphatic heterocycles. The Morgan fingerprint density at radius 3 is 2.62 bits per heavy atom. The molecule has 1 aromatic heterocycles. The zero-order valence-electron chi connectivity index (χ0n) is 13.5. The summed E-state index contributed by atoms with van der Waals surface area (Å²) in [6.07, 6.45) is 2.17. The molecule has 1 N–H and O–H groups in total. The predicted octanol–water partition coefficient (Wildman–Crippen LogP) is 2.60. The summed E-state index contributed by atoms with van der Waals surface area (Å²) in [6, 6.07) is 12.7. The zero-order valence-corrected chi connectivity index (χ0v) is 13.5. The molecule has 6 nitrogen and oxygen atoms in total. The van der Waals surface area contributed by atoms with Crippen LogP contribution in [0.15, 0.2) is 48.7 Å². The number of ether oxygens (including phenoxy) is 1. The number of benzene rings is 1. The van der Waals surface area contributed by atoms with Crippen LogP contribution in [0.4, 0.5) is 0 Å². The summed E-state index contributed by atoms with van der Waals surface area (Å²) in [6.45, 7) is 2.30. The van der Waals surface area contributed by atoms with Crippen molar-refractivity contribution in [2.75, 3.05) is 13.1 Å². The molecular weight excluding hydrogens is 308 g/mol. The second kappa shape index (κ2) is 8.67. The summed E-state index contributed by atoms with van der Waals surface area (Å²) in [7, 11) is 0. The van der Waals surface area contributed by atoms with E-state index < -0.39 is 5.97 Å². The van der Waals surface area contributed by atoms with Gasteiger partial charge in [0, 0.05) is 24.4 Å². The topological polar surface area (TPSA) is 79.7 Å². The largest absolute Gasteiger partial charge is 0.480 e. The Hall–Kier alpha value is -2.89. The lowest BCUT2D eigenvalue weighted by atomic mass is 10.2. The van der Waals surface area contributed by atoms with Gasteiger partial charge in [-0.15, -0.1) is 0 Å². The molecule has 0 unspecified atom stereocenters. The fourth-order valence-corrected chi connectivity index (χ4v) is 2.22. The number of carbonyl (C=O) groups excluding carboxylic acids is 1. The van der Waals surface area contributed by atoms with E-state index >= 15 is 0 Å². The third-order valence-corrected chi connectivity index (χ3v) is 3.32. The molecule has 126 valence electrons. The molecule has 0 saturated heterocycles. The Morgan fingerprint density at radius 1 is 1.21 bits per heavy atom. The second-order valence-corrected chi connectivity index (χ2v) is 5.28. The third kappa shape index (κ3) is 5.08. The molecule has 0 radical (unpaired) electrons. The van der Waals surface area contributed by atoms with Gasteiger partial charge in [-0.1, -0.05) is 37.3 Å². The van der Waals surface area contributed by atoms with Crippen LogP contribution in [-0.2, 0) is 11.4 Å². The first-order valence-electron chi connectivity index (χ1n) is 7.74. The molecule has 0 saturated carbocycles. The highest BCUT2D eigenvalue weighted by Gasteiger charge is 2.18. The highest BCUT2D eigenvalue weighted by atomic mass is 16.5. The van der Waals surface area contributed by atoms with E-state index in [2.05, 4.69) is 4.98 Å². The molecule has 2 aromatic rings. The van der Waals surface area contributed by atoms with Crippen LogP contribution in [-0.4, -0.2) is 40.0 Å². The van der Waals surface area contributed by atoms with Crippen molar-refractivity contribution in [3.63, 3.8) is 0 Å². The van der Waals surface area contributed by atoms with Gasteiger partial charge in [0.1, 0.15) is 13.2 Å². The van der Waals surface area contributed by atoms with E-state index in [4.69, 9.17) is 9.84 Å². The van der Waals surface area contributed by atoms with E-state index in [1.807, 2.05) is 37.3 Å². The lowest BCUT2D eigenvalue weighted by Crippen LogP contribution is -2.36. The smallest absolute Gasteiger partial charge is 0.323 e. The fraction of sp³-hybridized carbons (Fsp3) is 0.278. The number of aromatic nitrogens is 1. The summed E-state index contributed by atoms with van der Waals surface area (Å²) in [5, 5.41) is 8.94. The summed E-state index contributed by atoms with van der Waals surface area (Å²) in [5.74, 6) is -1.05. The summed E-state index contributed by atoms with van der Waals surface area (Å²) < 4.78 is 5.61. The van der Waals surface area contributed by atoms with Gasteiger partial charge in [0.15, 0.2) is 0 Å². The minimum atomic E-state index is -1.04. The van der Waals surface area contributed by atoms with Crippen LogP contribution in [0, 0.1) is 0 Å². The van der Waals surface area contributed by atoms with E-state index in [9.17, 15) is 9.59 Å². The van der Waals surface area contributed by atoms with Crippen LogP contribution < -0.4 is 4.74 Å². The van der Waals surface area contributed by atoms with Gasteiger partial charge in [-0.3, -0.25) is 9.59 Å². The van der Waals surface area contributed by atoms with Gasteiger partial charge < -0.3 is 14.7 Å². The SMILES string of the molecule is CCCN(CC(=O)O)C(=O)c1ccnc(OCc2ccccc2)c1. The molecule has 0 fully saturated rings. The minimum Gasteiger partial charge on any atom is -0.480 e. The highest BCUT2D eigenvalue weighted by Crippen LogP contribution is 2.14. The number of pyridine rings is 1. The Morgan fingerprint density at radius 2 is 1.96 bits per heavy atom. The number of nitrogens with zero attached hydrogens (tertiary/aromatic N) is 2. The fourth-order valence-electron chi connectivity index (χ4n) is 2.22. The molecule has 1 heterocycles. The van der Waals surface area contributed by atoms with Crippen molar-refractivity contribution >= 4 is 11.9 Å². The average molecular weight is 328 g/mol. The van der Waals surface area contributed by atoms with E-state index in [0.717, 1.165) is 5.56 Å². The van der Waals surface area contributed by atoms with Gasteiger partial charge >= 0.3 is 5.97 Å². The van der Waals surface area contributed by atoms with Crippen molar-refractivity contribution in [3.8, 4) is 5.88 Å². The van der Waals surface area contributed by atoms with Crippen LogP contribution in [0.1, 0.15) is 29.3 Å². The first kappa shape index (κ1) is 17.5. The number of carboxylic acid groups (broad SMARTS) is 1. The van der Waals surface area contributed by atoms with Gasteiger partial charge in [-0.2, -0.15) is 0 Å². The normalized spacial score (nSPS) is 10.2. The first-order valence-corrected chi connectivity index (χ1v) is 7.74. The summed E-state index contributed by atoms with van der Waals surface area (Å²) >= 11 is 0. The lowest BCUT2D eigenvalue weighted by Gasteiger charge is -2.20. The molecule has 0 aliphatic rings. The molecule has 0 bridgehead atoms. The monoisotopic (exact) mass is 328 g/mol. The molecule has 0 aliphatic carbocycles. The van der Waals surface area contributed by atoms with Crippen molar-refractivity contribution in [1.82, 2.24) is 9.88 Å². The number of carboxylic acids is 1. The molecule has 6 heteroatoms. The number of hydrogen-bond donors (Lipinski definition) is 1. The summed E-state index contributed by atoms with van der Waals surface area (Å²) in [5.41, 5.74) is 1.36. The highest BCUT2D eigenvalue weighted by molar-refractivity contribution is 5.96. The van der Waals surface area contributed by atoms with E-state index in [1.165, 1.54) is 17.2 Å². The third-order valence-electron chi connectivity index (χ3n) is 3.32. The number of hydrogen-bond acceptors (Lipinski definition) is 4. The van der Waals surface area contributed by atoms with Crippen LogP contribution >= 0.6 is 0 Å². The predicted molar refractivity (Wildman–Crippen MR) is 88.8 cm³/mol. The van der Waals surface area contributed by atoms with Crippen molar-refractivity contribution in [2.24, 2.45) is 0 Å². The number of amides is 1. The number of aliphatic carboxylic acids is 1. The van der Waals surface area contributed by atoms with E-state index in [-0.39, 0.29) is 12.5 Å². The maximum Gasteiger partial charge on any atom is 0.323 e. The Balaban J connectivity index is 2.07. The van der Waals surface area contributed by atoms with Gasteiger partial charge in [-0.05, 0) is 18.1 Å². The van der Waals surface area contributed by atoms with Crippen LogP contribution in [0.25, 0.3) is 0 Å². The number of rotatable bonds is 8. The quantitative estimate of drug-likeness (QED) is 0.806. The van der Waals surface area contributed by atoms with Crippen molar-refractivity contribution in [1.29, 1.82) is 0 Å². The lowest BCUT2D eigenvalue weighted by molar-refractivity contribution is -0.137. The molecule has 0 atom stereocenters. The number of carbonyl (C=O) groups is 2.